The van der Waals surface area contributed by atoms with Crippen LogP contribution in [-0.2, 0) is 16.0 Å². The van der Waals surface area contributed by atoms with Crippen LogP contribution in [0.5, 0.6) is 0 Å². The number of piperidine rings is 1. The molecule has 0 atom stereocenters. The number of hydrogen-bond acceptors (Lipinski definition) is 3. The first kappa shape index (κ1) is 19.2. The number of guanidine groups is 1. The van der Waals surface area contributed by atoms with E-state index in [9.17, 15) is 9.18 Å². The van der Waals surface area contributed by atoms with Crippen molar-refractivity contribution in [3.05, 3.63) is 35.6 Å². The van der Waals surface area contributed by atoms with Crippen LogP contribution in [0.4, 0.5) is 4.39 Å². The third-order valence-corrected chi connectivity index (χ3v) is 4.30. The molecule has 1 saturated heterocycles. The van der Waals surface area contributed by atoms with E-state index in [1.165, 1.54) is 6.07 Å². The average molecular weight is 349 g/mol. The number of nitrogens with one attached hydrogen (secondary N) is 1. The Morgan fingerprint density at radius 1 is 1.36 bits per heavy atom. The van der Waals surface area contributed by atoms with E-state index in [-0.39, 0.29) is 17.7 Å². The summed E-state index contributed by atoms with van der Waals surface area (Å²) in [4.78, 5) is 18.7. The molecule has 1 aliphatic heterocycles. The molecule has 6 heteroatoms. The predicted octanol–water partition coefficient (Wildman–Crippen LogP) is 2.61. The first-order valence-corrected chi connectivity index (χ1v) is 9.08. The Morgan fingerprint density at radius 3 is 2.76 bits per heavy atom. The highest BCUT2D eigenvalue weighted by Crippen LogP contribution is 2.18. The first-order valence-electron chi connectivity index (χ1n) is 9.08. The maximum atomic E-state index is 13.2. The van der Waals surface area contributed by atoms with Crippen LogP contribution in [0.15, 0.2) is 29.3 Å². The molecule has 0 saturated carbocycles. The Bertz CT molecular complexity index is 584. The lowest BCUT2D eigenvalue weighted by molar-refractivity contribution is -0.149. The van der Waals surface area contributed by atoms with E-state index in [1.807, 2.05) is 19.9 Å². The van der Waals surface area contributed by atoms with Gasteiger partial charge in [0.1, 0.15) is 5.82 Å². The second-order valence-corrected chi connectivity index (χ2v) is 6.13. The molecule has 0 aromatic heterocycles. The second-order valence-electron chi connectivity index (χ2n) is 6.13. The average Bonchev–Trinajstić information content (AvgIpc) is 2.61. The molecule has 2 rings (SSSR count). The van der Waals surface area contributed by atoms with Crippen LogP contribution < -0.4 is 5.32 Å². The van der Waals surface area contributed by atoms with Gasteiger partial charge >= 0.3 is 5.97 Å². The Hall–Kier alpha value is -2.11. The van der Waals surface area contributed by atoms with E-state index >= 15 is 0 Å². The largest absolute Gasteiger partial charge is 0.466 e. The number of rotatable bonds is 6. The van der Waals surface area contributed by atoms with Gasteiger partial charge in [0.2, 0.25) is 0 Å². The number of benzene rings is 1. The van der Waals surface area contributed by atoms with Gasteiger partial charge in [-0.2, -0.15) is 0 Å². The first-order chi connectivity index (χ1) is 12.1. The van der Waals surface area contributed by atoms with Crippen LogP contribution >= 0.6 is 0 Å². The van der Waals surface area contributed by atoms with Gasteiger partial charge in [0.25, 0.3) is 0 Å². The normalized spacial score (nSPS) is 16.0. The van der Waals surface area contributed by atoms with Crippen molar-refractivity contribution in [2.75, 3.05) is 32.8 Å². The Morgan fingerprint density at radius 2 is 2.12 bits per heavy atom. The van der Waals surface area contributed by atoms with Crippen molar-refractivity contribution in [1.29, 1.82) is 0 Å². The molecule has 1 aliphatic rings. The summed E-state index contributed by atoms with van der Waals surface area (Å²) in [6, 6.07) is 6.63. The molecule has 0 aliphatic carbocycles. The molecule has 1 N–H and O–H groups in total. The third kappa shape index (κ3) is 6.03. The molecule has 1 heterocycles. The summed E-state index contributed by atoms with van der Waals surface area (Å²) >= 11 is 0. The molecule has 1 fully saturated rings. The van der Waals surface area contributed by atoms with E-state index < -0.39 is 0 Å². The van der Waals surface area contributed by atoms with E-state index in [0.717, 1.165) is 44.0 Å². The highest BCUT2D eigenvalue weighted by molar-refractivity contribution is 5.80. The molecule has 1 aromatic rings. The van der Waals surface area contributed by atoms with Gasteiger partial charge in [0.05, 0.1) is 12.5 Å². The Balaban J connectivity index is 1.88. The van der Waals surface area contributed by atoms with Gasteiger partial charge < -0.3 is 15.0 Å². The molecule has 0 bridgehead atoms. The fourth-order valence-corrected chi connectivity index (χ4v) is 3.00. The molecule has 138 valence electrons. The number of carbonyl (C=O) groups is 1. The zero-order valence-electron chi connectivity index (χ0n) is 15.1. The number of hydrogen-bond donors (Lipinski definition) is 1. The van der Waals surface area contributed by atoms with Gasteiger partial charge in [-0.25, -0.2) is 4.39 Å². The minimum absolute atomic E-state index is 0.00799. The summed E-state index contributed by atoms with van der Waals surface area (Å²) in [5.41, 5.74) is 0.945. The van der Waals surface area contributed by atoms with E-state index in [0.29, 0.717) is 19.6 Å². The lowest BCUT2D eigenvalue weighted by atomic mass is 9.97. The summed E-state index contributed by atoms with van der Waals surface area (Å²) in [6.07, 6.45) is 2.27. The summed E-state index contributed by atoms with van der Waals surface area (Å²) < 4.78 is 18.3. The zero-order valence-corrected chi connectivity index (χ0v) is 15.1. The highest BCUT2D eigenvalue weighted by Gasteiger charge is 2.27. The second kappa shape index (κ2) is 10.0. The Kier molecular flexibility index (Phi) is 7.70. The van der Waals surface area contributed by atoms with Gasteiger partial charge in [-0.3, -0.25) is 9.79 Å². The molecule has 25 heavy (non-hydrogen) atoms. The van der Waals surface area contributed by atoms with Gasteiger partial charge in [-0.05, 0) is 50.8 Å². The molecule has 0 unspecified atom stereocenters. The van der Waals surface area contributed by atoms with Crippen LogP contribution in [0, 0.1) is 11.7 Å². The van der Waals surface area contributed by atoms with Crippen molar-refractivity contribution in [3.8, 4) is 0 Å². The summed E-state index contributed by atoms with van der Waals surface area (Å²) in [5.74, 6) is 0.553. The summed E-state index contributed by atoms with van der Waals surface area (Å²) in [5, 5.41) is 3.30. The van der Waals surface area contributed by atoms with Crippen LogP contribution in [0.1, 0.15) is 32.3 Å². The maximum Gasteiger partial charge on any atom is 0.309 e. The number of carbonyl (C=O) groups excluding carboxylic acids is 1. The molecule has 1 aromatic carbocycles. The minimum atomic E-state index is -0.213. The maximum absolute atomic E-state index is 13.2. The summed E-state index contributed by atoms with van der Waals surface area (Å²) in [6.45, 7) is 7.27. The van der Waals surface area contributed by atoms with Crippen molar-refractivity contribution in [2.24, 2.45) is 10.9 Å². The van der Waals surface area contributed by atoms with Crippen LogP contribution in [0.2, 0.25) is 0 Å². The van der Waals surface area contributed by atoms with E-state index in [1.54, 1.807) is 12.1 Å². The zero-order chi connectivity index (χ0) is 18.1. The quantitative estimate of drug-likeness (QED) is 0.487. The number of esters is 1. The monoisotopic (exact) mass is 349 g/mol. The number of nitrogens with zero attached hydrogens (tertiary/aromatic N) is 2. The smallest absolute Gasteiger partial charge is 0.309 e. The van der Waals surface area contributed by atoms with Crippen molar-refractivity contribution < 1.29 is 13.9 Å². The lowest BCUT2D eigenvalue weighted by Gasteiger charge is -2.33. The van der Waals surface area contributed by atoms with Crippen LogP contribution in [0.3, 0.4) is 0 Å². The summed E-state index contributed by atoms with van der Waals surface area (Å²) in [7, 11) is 0. The van der Waals surface area contributed by atoms with Crippen molar-refractivity contribution >= 4 is 11.9 Å². The standard InChI is InChI=1S/C19H28FN3O2/c1-3-21-19(22-11-8-15-6-5-7-17(20)14-15)23-12-9-16(10-13-23)18(24)25-4-2/h5-7,14,16H,3-4,8-13H2,1-2H3,(H,21,22). The number of aliphatic imine (C=N–C) groups is 1. The van der Waals surface area contributed by atoms with Crippen molar-refractivity contribution in [2.45, 2.75) is 33.1 Å². The topological polar surface area (TPSA) is 53.9 Å². The molecular weight excluding hydrogens is 321 g/mol. The van der Waals surface area contributed by atoms with Crippen LogP contribution in [-0.4, -0.2) is 49.6 Å². The lowest BCUT2D eigenvalue weighted by Crippen LogP contribution is -2.46. The van der Waals surface area contributed by atoms with Crippen molar-refractivity contribution in [3.63, 3.8) is 0 Å². The molecular formula is C19H28FN3O2. The van der Waals surface area contributed by atoms with Gasteiger partial charge in [0.15, 0.2) is 5.96 Å². The third-order valence-electron chi connectivity index (χ3n) is 4.30. The SMILES string of the molecule is CCNC(=NCCc1cccc(F)c1)N1CCC(C(=O)OCC)CC1. The fraction of sp³-hybridized carbons (Fsp3) is 0.579. The number of halogens is 1. The van der Waals surface area contributed by atoms with Gasteiger partial charge in [-0.15, -0.1) is 0 Å². The fourth-order valence-electron chi connectivity index (χ4n) is 3.00. The number of ether oxygens (including phenoxy) is 1. The molecule has 5 nitrogen and oxygen atoms in total. The number of likely N-dealkylation sites (tertiary alicyclic amines) is 1. The van der Waals surface area contributed by atoms with Crippen LogP contribution in [0.25, 0.3) is 0 Å². The van der Waals surface area contributed by atoms with E-state index in [4.69, 9.17) is 4.74 Å². The highest BCUT2D eigenvalue weighted by atomic mass is 19.1. The molecule has 0 radical (unpaired) electrons. The molecule has 0 amide bonds. The predicted molar refractivity (Wildman–Crippen MR) is 97.0 cm³/mol. The van der Waals surface area contributed by atoms with Gasteiger partial charge in [-0.1, -0.05) is 12.1 Å². The van der Waals surface area contributed by atoms with Crippen molar-refractivity contribution in [1.82, 2.24) is 10.2 Å². The van der Waals surface area contributed by atoms with Gasteiger partial charge in [0, 0.05) is 26.2 Å². The molecule has 0 spiro atoms. The van der Waals surface area contributed by atoms with E-state index in [2.05, 4.69) is 15.2 Å². The minimum Gasteiger partial charge on any atom is -0.466 e. The Labute approximate surface area is 149 Å².